The lowest BCUT2D eigenvalue weighted by Crippen LogP contribution is -2.57. The van der Waals surface area contributed by atoms with Gasteiger partial charge in [-0.25, -0.2) is 9.59 Å². The van der Waals surface area contributed by atoms with Crippen molar-refractivity contribution in [2.75, 3.05) is 0 Å². The van der Waals surface area contributed by atoms with E-state index >= 15 is 0 Å². The normalized spacial score (nSPS) is 18.4. The highest BCUT2D eigenvalue weighted by Gasteiger charge is 2.59. The largest absolute Gasteiger partial charge is 0.504 e. The summed E-state index contributed by atoms with van der Waals surface area (Å²) in [6.07, 6.45) is 0. The van der Waals surface area contributed by atoms with Gasteiger partial charge in [0.05, 0.1) is 0 Å². The summed E-state index contributed by atoms with van der Waals surface area (Å²) in [5, 5.41) is 19.6. The first-order chi connectivity index (χ1) is 11.7. The monoisotopic (exact) mass is 342 g/mol. The van der Waals surface area contributed by atoms with E-state index in [1.54, 1.807) is 37.3 Å². The maximum absolute atomic E-state index is 13.0. The first-order valence-corrected chi connectivity index (χ1v) is 7.74. The third-order valence-electron chi connectivity index (χ3n) is 4.22. The average molecular weight is 342 g/mol. The van der Waals surface area contributed by atoms with E-state index in [9.17, 15) is 19.8 Å². The smallest absolute Gasteiger partial charge is 0.335 e. The van der Waals surface area contributed by atoms with E-state index in [-0.39, 0.29) is 11.3 Å². The van der Waals surface area contributed by atoms with Gasteiger partial charge in [0.2, 0.25) is 5.41 Å². The van der Waals surface area contributed by atoms with E-state index in [4.69, 9.17) is 9.47 Å². The molecule has 0 atom stereocenters. The fourth-order valence-electron chi connectivity index (χ4n) is 3.09. The van der Waals surface area contributed by atoms with Gasteiger partial charge in [-0.2, -0.15) is 0 Å². The van der Waals surface area contributed by atoms with Gasteiger partial charge in [0.1, 0.15) is 0 Å². The SMILES string of the molecule is Cc1cc(O)c(O)cc1C1(c2ccccc2)C(=O)OC(C)(C)OC1=O. The molecule has 6 nitrogen and oxygen atoms in total. The molecule has 1 heterocycles. The molecule has 2 N–H and O–H groups in total. The van der Waals surface area contributed by atoms with Crippen molar-refractivity contribution in [3.05, 3.63) is 59.2 Å². The van der Waals surface area contributed by atoms with Crippen LogP contribution < -0.4 is 0 Å². The van der Waals surface area contributed by atoms with Gasteiger partial charge in [0.25, 0.3) is 5.79 Å². The molecule has 3 rings (SSSR count). The van der Waals surface area contributed by atoms with Gasteiger partial charge in [0, 0.05) is 13.8 Å². The van der Waals surface area contributed by atoms with E-state index in [0.29, 0.717) is 11.1 Å². The Morgan fingerprint density at radius 2 is 1.40 bits per heavy atom. The molecule has 25 heavy (non-hydrogen) atoms. The number of aromatic hydroxyl groups is 2. The van der Waals surface area contributed by atoms with Gasteiger partial charge in [-0.05, 0) is 35.7 Å². The highest BCUT2D eigenvalue weighted by Crippen LogP contribution is 2.44. The number of ether oxygens (including phenoxy) is 2. The van der Waals surface area contributed by atoms with Crippen LogP contribution in [0.3, 0.4) is 0 Å². The van der Waals surface area contributed by atoms with Crippen LogP contribution in [0.1, 0.15) is 30.5 Å². The Morgan fingerprint density at radius 3 is 1.96 bits per heavy atom. The van der Waals surface area contributed by atoms with E-state index in [1.807, 2.05) is 0 Å². The Morgan fingerprint density at radius 1 is 0.880 bits per heavy atom. The molecule has 1 aliphatic heterocycles. The molecule has 0 radical (unpaired) electrons. The van der Waals surface area contributed by atoms with Crippen molar-refractivity contribution >= 4 is 11.9 Å². The van der Waals surface area contributed by atoms with Crippen molar-refractivity contribution in [1.82, 2.24) is 0 Å². The van der Waals surface area contributed by atoms with Crippen molar-refractivity contribution in [3.63, 3.8) is 0 Å². The molecule has 0 saturated carbocycles. The topological polar surface area (TPSA) is 93.1 Å². The zero-order valence-electron chi connectivity index (χ0n) is 14.1. The minimum Gasteiger partial charge on any atom is -0.504 e. The summed E-state index contributed by atoms with van der Waals surface area (Å²) < 4.78 is 10.7. The third kappa shape index (κ3) is 2.50. The Hall–Kier alpha value is -3.02. The van der Waals surface area contributed by atoms with Crippen molar-refractivity contribution in [2.24, 2.45) is 0 Å². The second kappa shape index (κ2) is 5.51. The fourth-order valence-corrected chi connectivity index (χ4v) is 3.09. The molecular weight excluding hydrogens is 324 g/mol. The summed E-state index contributed by atoms with van der Waals surface area (Å²) in [6, 6.07) is 10.8. The quantitative estimate of drug-likeness (QED) is 0.495. The van der Waals surface area contributed by atoms with Gasteiger partial charge >= 0.3 is 11.9 Å². The molecule has 2 aromatic carbocycles. The van der Waals surface area contributed by atoms with Crippen LogP contribution in [0.25, 0.3) is 0 Å². The minimum absolute atomic E-state index is 0.194. The molecule has 0 aliphatic carbocycles. The van der Waals surface area contributed by atoms with Crippen LogP contribution in [0.15, 0.2) is 42.5 Å². The van der Waals surface area contributed by atoms with Crippen LogP contribution in [-0.2, 0) is 24.5 Å². The van der Waals surface area contributed by atoms with Gasteiger partial charge in [0.15, 0.2) is 11.5 Å². The van der Waals surface area contributed by atoms with Crippen molar-refractivity contribution in [3.8, 4) is 11.5 Å². The maximum atomic E-state index is 13.0. The summed E-state index contributed by atoms with van der Waals surface area (Å²) >= 11 is 0. The zero-order valence-corrected chi connectivity index (χ0v) is 14.1. The molecule has 0 unspecified atom stereocenters. The molecule has 130 valence electrons. The minimum atomic E-state index is -1.88. The Kier molecular flexibility index (Phi) is 3.71. The van der Waals surface area contributed by atoms with Gasteiger partial charge in [-0.15, -0.1) is 0 Å². The molecule has 6 heteroatoms. The van der Waals surface area contributed by atoms with Gasteiger partial charge in [-0.1, -0.05) is 30.3 Å². The molecule has 0 bridgehead atoms. The highest BCUT2D eigenvalue weighted by molar-refractivity contribution is 6.11. The molecule has 0 spiro atoms. The lowest BCUT2D eigenvalue weighted by atomic mass is 9.72. The summed E-state index contributed by atoms with van der Waals surface area (Å²) in [4.78, 5) is 26.0. The van der Waals surface area contributed by atoms with Crippen LogP contribution >= 0.6 is 0 Å². The summed E-state index contributed by atoms with van der Waals surface area (Å²) in [5.41, 5.74) is -0.896. The fraction of sp³-hybridized carbons (Fsp3) is 0.263. The second-order valence-corrected chi connectivity index (χ2v) is 6.45. The van der Waals surface area contributed by atoms with E-state index in [0.717, 1.165) is 0 Å². The summed E-state index contributed by atoms with van der Waals surface area (Å²) in [5.74, 6) is -3.77. The van der Waals surface area contributed by atoms with Crippen LogP contribution in [0, 0.1) is 6.92 Å². The summed E-state index contributed by atoms with van der Waals surface area (Å²) in [7, 11) is 0. The standard InChI is InChI=1S/C19H18O6/c1-11-9-14(20)15(21)10-13(11)19(12-7-5-4-6-8-12)16(22)24-18(2,3)25-17(19)23/h4-10,20-21H,1-3H3. The van der Waals surface area contributed by atoms with E-state index < -0.39 is 28.9 Å². The van der Waals surface area contributed by atoms with Crippen LogP contribution in [0.5, 0.6) is 11.5 Å². The predicted octanol–water partition coefficient (Wildman–Crippen LogP) is 2.53. The molecule has 0 amide bonds. The number of aryl methyl sites for hydroxylation is 1. The first-order valence-electron chi connectivity index (χ1n) is 7.74. The van der Waals surface area contributed by atoms with Crippen LogP contribution in [-0.4, -0.2) is 27.9 Å². The maximum Gasteiger partial charge on any atom is 0.335 e. The number of carbonyl (C=O) groups excluding carboxylic acids is 2. The average Bonchev–Trinajstić information content (AvgIpc) is 2.52. The number of benzene rings is 2. The van der Waals surface area contributed by atoms with E-state index in [2.05, 4.69) is 0 Å². The van der Waals surface area contributed by atoms with Gasteiger partial charge < -0.3 is 19.7 Å². The highest BCUT2D eigenvalue weighted by atomic mass is 16.7. The number of carbonyl (C=O) groups is 2. The number of cyclic esters (lactones) is 2. The molecular formula is C19H18O6. The number of esters is 2. The van der Waals surface area contributed by atoms with Crippen LogP contribution in [0.2, 0.25) is 0 Å². The molecule has 2 aromatic rings. The lowest BCUT2D eigenvalue weighted by Gasteiger charge is -2.41. The predicted molar refractivity (Wildman–Crippen MR) is 88.0 cm³/mol. The summed E-state index contributed by atoms with van der Waals surface area (Å²) in [6.45, 7) is 4.57. The van der Waals surface area contributed by atoms with E-state index in [1.165, 1.54) is 26.0 Å². The third-order valence-corrected chi connectivity index (χ3v) is 4.22. The lowest BCUT2D eigenvalue weighted by molar-refractivity contribution is -0.240. The Bertz CT molecular complexity index is 834. The number of hydrogen-bond donors (Lipinski definition) is 2. The van der Waals surface area contributed by atoms with Crippen molar-refractivity contribution in [2.45, 2.75) is 32.0 Å². The molecule has 1 fully saturated rings. The van der Waals surface area contributed by atoms with Gasteiger partial charge in [-0.3, -0.25) is 0 Å². The number of phenolic OH excluding ortho intramolecular Hbond substituents is 2. The van der Waals surface area contributed by atoms with Crippen molar-refractivity contribution in [1.29, 1.82) is 0 Å². The molecule has 1 saturated heterocycles. The zero-order chi connectivity index (χ0) is 18.4. The Labute approximate surface area is 144 Å². The number of phenols is 2. The molecule has 0 aromatic heterocycles. The first kappa shape index (κ1) is 16.8. The Balaban J connectivity index is 2.35. The number of hydrogen-bond acceptors (Lipinski definition) is 6. The molecule has 1 aliphatic rings. The number of rotatable bonds is 2. The van der Waals surface area contributed by atoms with Crippen LogP contribution in [0.4, 0.5) is 0 Å². The van der Waals surface area contributed by atoms with Crippen molar-refractivity contribution < 1.29 is 29.3 Å². The second-order valence-electron chi connectivity index (χ2n) is 6.45.